The smallest absolute Gasteiger partial charge is 0.252 e. The maximum atomic E-state index is 6.24. The van der Waals surface area contributed by atoms with Crippen LogP contribution in [0.1, 0.15) is 32.1 Å². The molecule has 3 aromatic rings. The molecule has 1 aromatic carbocycles. The van der Waals surface area contributed by atoms with Gasteiger partial charge in [0, 0.05) is 6.54 Å². The first-order valence-electron chi connectivity index (χ1n) is 8.41. The summed E-state index contributed by atoms with van der Waals surface area (Å²) in [4.78, 5) is 13.1. The van der Waals surface area contributed by atoms with Crippen molar-refractivity contribution < 1.29 is 4.42 Å². The molecular formula is C18H19ClN4O. The van der Waals surface area contributed by atoms with Crippen LogP contribution in [-0.4, -0.2) is 21.5 Å². The molecule has 0 radical (unpaired) electrons. The Morgan fingerprint density at radius 2 is 1.96 bits per heavy atom. The highest BCUT2D eigenvalue weighted by Crippen LogP contribution is 2.31. The van der Waals surface area contributed by atoms with Gasteiger partial charge in [-0.25, -0.2) is 9.97 Å². The summed E-state index contributed by atoms with van der Waals surface area (Å²) in [6.07, 6.45) is 8.08. The van der Waals surface area contributed by atoms with E-state index in [4.69, 9.17) is 16.0 Å². The van der Waals surface area contributed by atoms with E-state index in [1.807, 2.05) is 24.3 Å². The highest BCUT2D eigenvalue weighted by molar-refractivity contribution is 6.33. The topological polar surface area (TPSA) is 63.8 Å². The third kappa shape index (κ3) is 3.08. The Morgan fingerprint density at radius 1 is 1.12 bits per heavy atom. The third-order valence-electron chi connectivity index (χ3n) is 4.58. The Kier molecular flexibility index (Phi) is 4.34. The number of oxazole rings is 1. The maximum absolute atomic E-state index is 6.24. The van der Waals surface area contributed by atoms with E-state index >= 15 is 0 Å². The molecule has 1 N–H and O–H groups in total. The van der Waals surface area contributed by atoms with E-state index in [9.17, 15) is 0 Å². The van der Waals surface area contributed by atoms with E-state index in [1.165, 1.54) is 38.4 Å². The molecule has 0 atom stereocenters. The van der Waals surface area contributed by atoms with Crippen molar-refractivity contribution in [3.63, 3.8) is 0 Å². The minimum absolute atomic E-state index is 0.469. The zero-order chi connectivity index (χ0) is 16.4. The average molecular weight is 343 g/mol. The van der Waals surface area contributed by atoms with Crippen LogP contribution in [0, 0.1) is 5.92 Å². The number of anilines is 1. The molecule has 5 nitrogen and oxygen atoms in total. The highest BCUT2D eigenvalue weighted by Gasteiger charge is 2.17. The monoisotopic (exact) mass is 342 g/mol. The molecule has 2 aromatic heterocycles. The Balaban J connectivity index is 1.61. The van der Waals surface area contributed by atoms with Crippen LogP contribution >= 0.6 is 11.6 Å². The van der Waals surface area contributed by atoms with Gasteiger partial charge in [0.1, 0.15) is 6.33 Å². The molecule has 1 saturated carbocycles. The lowest BCUT2D eigenvalue weighted by Crippen LogP contribution is -2.17. The molecule has 24 heavy (non-hydrogen) atoms. The third-order valence-corrected chi connectivity index (χ3v) is 4.91. The Morgan fingerprint density at radius 3 is 2.79 bits per heavy atom. The van der Waals surface area contributed by atoms with Gasteiger partial charge >= 0.3 is 0 Å². The van der Waals surface area contributed by atoms with Crippen molar-refractivity contribution in [3.05, 3.63) is 35.6 Å². The van der Waals surface area contributed by atoms with Gasteiger partial charge in [-0.2, -0.15) is 4.98 Å². The van der Waals surface area contributed by atoms with Crippen molar-refractivity contribution in [2.45, 2.75) is 32.1 Å². The number of halogens is 1. The molecule has 124 valence electrons. The first kappa shape index (κ1) is 15.4. The number of hydrogen-bond acceptors (Lipinski definition) is 5. The summed E-state index contributed by atoms with van der Waals surface area (Å²) < 4.78 is 5.78. The first-order chi connectivity index (χ1) is 11.8. The predicted octanol–water partition coefficient (Wildman–Crippen LogP) is 4.93. The van der Waals surface area contributed by atoms with Crippen molar-refractivity contribution in [1.82, 2.24) is 15.0 Å². The summed E-state index contributed by atoms with van der Waals surface area (Å²) in [5.41, 5.74) is 1.89. The Bertz CT molecular complexity index is 842. The molecule has 2 heterocycles. The normalized spacial score (nSPS) is 15.7. The summed E-state index contributed by atoms with van der Waals surface area (Å²) in [6, 6.07) is 7.49. The fourth-order valence-corrected chi connectivity index (χ4v) is 3.48. The number of nitrogens with one attached hydrogen (secondary N) is 1. The van der Waals surface area contributed by atoms with E-state index < -0.39 is 0 Å². The molecule has 0 amide bonds. The minimum atomic E-state index is 0.469. The lowest BCUT2D eigenvalue weighted by atomic mass is 9.89. The summed E-state index contributed by atoms with van der Waals surface area (Å²) in [5, 5.41) is 4.04. The van der Waals surface area contributed by atoms with E-state index in [0.29, 0.717) is 28.1 Å². The van der Waals surface area contributed by atoms with Gasteiger partial charge in [0.2, 0.25) is 5.89 Å². The number of benzene rings is 1. The SMILES string of the molecule is Clc1ccccc1-c1nc2c(NCC3CCCCC3)ncnc2o1. The van der Waals surface area contributed by atoms with E-state index in [0.717, 1.165) is 17.9 Å². The molecule has 0 bridgehead atoms. The van der Waals surface area contributed by atoms with E-state index in [-0.39, 0.29) is 0 Å². The molecule has 0 spiro atoms. The second-order valence-corrected chi connectivity index (χ2v) is 6.67. The van der Waals surface area contributed by atoms with Gasteiger partial charge in [0.15, 0.2) is 11.3 Å². The number of rotatable bonds is 4. The summed E-state index contributed by atoms with van der Waals surface area (Å²) in [5.74, 6) is 1.91. The van der Waals surface area contributed by atoms with Crippen molar-refractivity contribution in [3.8, 4) is 11.5 Å². The molecule has 0 unspecified atom stereocenters. The zero-order valence-electron chi connectivity index (χ0n) is 13.3. The van der Waals surface area contributed by atoms with Gasteiger partial charge in [0.25, 0.3) is 5.71 Å². The number of nitrogens with zero attached hydrogens (tertiary/aromatic N) is 3. The summed E-state index contributed by atoms with van der Waals surface area (Å²) in [6.45, 7) is 0.917. The van der Waals surface area contributed by atoms with Crippen LogP contribution in [0.2, 0.25) is 5.02 Å². The standard InChI is InChI=1S/C18H19ClN4O/c19-14-9-5-4-8-13(14)17-23-15-16(21-11-22-18(15)24-17)20-10-12-6-2-1-3-7-12/h4-5,8-9,11-12H,1-3,6-7,10H2,(H,20,21,22). The lowest BCUT2D eigenvalue weighted by molar-refractivity contribution is 0.373. The number of fused-ring (bicyclic) bond motifs is 1. The summed E-state index contributed by atoms with van der Waals surface area (Å²) >= 11 is 6.24. The molecule has 0 saturated heterocycles. The van der Waals surface area contributed by atoms with Crippen molar-refractivity contribution in [2.24, 2.45) is 5.92 Å². The largest absolute Gasteiger partial charge is 0.417 e. The number of hydrogen-bond donors (Lipinski definition) is 1. The second kappa shape index (κ2) is 6.77. The fraction of sp³-hybridized carbons (Fsp3) is 0.389. The van der Waals surface area contributed by atoms with Gasteiger partial charge in [0.05, 0.1) is 10.6 Å². The van der Waals surface area contributed by atoms with Gasteiger partial charge in [-0.3, -0.25) is 0 Å². The maximum Gasteiger partial charge on any atom is 0.252 e. The molecular weight excluding hydrogens is 324 g/mol. The molecule has 1 aliphatic rings. The molecule has 6 heteroatoms. The van der Waals surface area contributed by atoms with Gasteiger partial charge in [-0.05, 0) is 30.9 Å². The van der Waals surface area contributed by atoms with Crippen molar-refractivity contribution >= 4 is 28.6 Å². The highest BCUT2D eigenvalue weighted by atomic mass is 35.5. The van der Waals surface area contributed by atoms with Crippen LogP contribution < -0.4 is 5.32 Å². The molecule has 1 aliphatic carbocycles. The van der Waals surface area contributed by atoms with E-state index in [1.54, 1.807) is 0 Å². The van der Waals surface area contributed by atoms with E-state index in [2.05, 4.69) is 20.3 Å². The van der Waals surface area contributed by atoms with Crippen LogP contribution in [0.15, 0.2) is 35.0 Å². The van der Waals surface area contributed by atoms with Gasteiger partial charge in [-0.15, -0.1) is 0 Å². The molecule has 1 fully saturated rings. The second-order valence-electron chi connectivity index (χ2n) is 6.26. The molecule has 0 aliphatic heterocycles. The van der Waals surface area contributed by atoms with Crippen molar-refractivity contribution in [2.75, 3.05) is 11.9 Å². The van der Waals surface area contributed by atoms with Gasteiger partial charge in [-0.1, -0.05) is 43.0 Å². The van der Waals surface area contributed by atoms with Crippen LogP contribution in [0.3, 0.4) is 0 Å². The van der Waals surface area contributed by atoms with Crippen LogP contribution in [0.4, 0.5) is 5.82 Å². The minimum Gasteiger partial charge on any atom is -0.417 e. The van der Waals surface area contributed by atoms with Crippen molar-refractivity contribution in [1.29, 1.82) is 0 Å². The van der Waals surface area contributed by atoms with Crippen LogP contribution in [0.25, 0.3) is 22.7 Å². The molecule has 4 rings (SSSR count). The van der Waals surface area contributed by atoms with Crippen LogP contribution in [-0.2, 0) is 0 Å². The summed E-state index contributed by atoms with van der Waals surface area (Å²) in [7, 11) is 0. The lowest BCUT2D eigenvalue weighted by Gasteiger charge is -2.21. The average Bonchev–Trinajstić information content (AvgIpc) is 3.06. The predicted molar refractivity (Wildman–Crippen MR) is 95.1 cm³/mol. The number of aromatic nitrogens is 3. The quantitative estimate of drug-likeness (QED) is 0.728. The zero-order valence-corrected chi connectivity index (χ0v) is 14.1. The first-order valence-corrected chi connectivity index (χ1v) is 8.79. The van der Waals surface area contributed by atoms with Gasteiger partial charge < -0.3 is 9.73 Å². The fourth-order valence-electron chi connectivity index (χ4n) is 3.27. The Labute approximate surface area is 145 Å². The Hall–Kier alpha value is -2.14. The van der Waals surface area contributed by atoms with Crippen LogP contribution in [0.5, 0.6) is 0 Å².